The van der Waals surface area contributed by atoms with Crippen LogP contribution in [0.5, 0.6) is 0 Å². The molecule has 2 radical (unpaired) electrons. The van der Waals surface area contributed by atoms with E-state index in [0.717, 1.165) is 0 Å². The second-order valence-corrected chi connectivity index (χ2v) is 3.44. The molecule has 0 aliphatic carbocycles. The average Bonchev–Trinajstić information content (AvgIpc) is 2.26. The van der Waals surface area contributed by atoms with Crippen LogP contribution >= 0.6 is 0 Å². The Labute approximate surface area is 93.3 Å². The van der Waals surface area contributed by atoms with Gasteiger partial charge in [0.25, 0.3) is 0 Å². The van der Waals surface area contributed by atoms with Crippen molar-refractivity contribution in [3.8, 4) is 11.1 Å². The predicted octanol–water partition coefficient (Wildman–Crippen LogP) is 2.01. The Hall–Kier alpha value is -1.84. The largest absolute Gasteiger partial charge is 0.394 e. The van der Waals surface area contributed by atoms with E-state index in [1.165, 1.54) is 12.1 Å². The van der Waals surface area contributed by atoms with Gasteiger partial charge < -0.3 is 5.73 Å². The first-order valence-corrected chi connectivity index (χ1v) is 4.69. The summed E-state index contributed by atoms with van der Waals surface area (Å²) in [6.45, 7) is 0. The van der Waals surface area contributed by atoms with Crippen molar-refractivity contribution < 1.29 is 8.78 Å². The van der Waals surface area contributed by atoms with Gasteiger partial charge in [-0.25, -0.2) is 8.78 Å². The van der Waals surface area contributed by atoms with Gasteiger partial charge >= 0.3 is 0 Å². The lowest BCUT2D eigenvalue weighted by atomic mass is 9.87. The lowest BCUT2D eigenvalue weighted by molar-refractivity contribution is 0.592. The monoisotopic (exact) mass is 215 g/mol. The molecule has 0 aliphatic rings. The highest BCUT2D eigenvalue weighted by Crippen LogP contribution is 2.24. The second-order valence-electron chi connectivity index (χ2n) is 3.44. The fourth-order valence-corrected chi connectivity index (χ4v) is 1.50. The van der Waals surface area contributed by atoms with E-state index in [4.69, 9.17) is 13.6 Å². The van der Waals surface area contributed by atoms with Crippen molar-refractivity contribution in [2.45, 2.75) is 0 Å². The van der Waals surface area contributed by atoms with Crippen LogP contribution in [0.4, 0.5) is 14.5 Å². The van der Waals surface area contributed by atoms with Gasteiger partial charge in [0.15, 0.2) is 0 Å². The van der Waals surface area contributed by atoms with Crippen LogP contribution in [-0.4, -0.2) is 7.85 Å². The molecule has 78 valence electrons. The van der Waals surface area contributed by atoms with E-state index in [-0.39, 0.29) is 0 Å². The molecule has 0 bridgehead atoms. The van der Waals surface area contributed by atoms with Crippen molar-refractivity contribution in [1.29, 1.82) is 0 Å². The summed E-state index contributed by atoms with van der Waals surface area (Å²) in [6, 6.07) is 9.20. The van der Waals surface area contributed by atoms with Gasteiger partial charge in [0.2, 0.25) is 0 Å². The van der Waals surface area contributed by atoms with Crippen molar-refractivity contribution in [2.75, 3.05) is 5.73 Å². The number of anilines is 1. The molecular formula is C12H8BF2N. The quantitative estimate of drug-likeness (QED) is 0.571. The van der Waals surface area contributed by atoms with Gasteiger partial charge in [0, 0.05) is 0 Å². The van der Waals surface area contributed by atoms with Crippen molar-refractivity contribution in [3.63, 3.8) is 0 Å². The maximum Gasteiger partial charge on any atom is 0.149 e. The summed E-state index contributed by atoms with van der Waals surface area (Å²) in [4.78, 5) is 0. The summed E-state index contributed by atoms with van der Waals surface area (Å²) in [7, 11) is 5.71. The van der Waals surface area contributed by atoms with Crippen molar-refractivity contribution in [3.05, 3.63) is 48.0 Å². The molecule has 0 saturated carbocycles. The highest BCUT2D eigenvalue weighted by molar-refractivity contribution is 6.35. The number of hydrogen-bond donors (Lipinski definition) is 1. The Bertz CT molecular complexity index is 517. The number of nitrogen functional groups attached to an aromatic ring is 1. The number of rotatable bonds is 1. The van der Waals surface area contributed by atoms with Crippen molar-refractivity contribution in [1.82, 2.24) is 0 Å². The minimum Gasteiger partial charge on any atom is -0.394 e. The maximum absolute atomic E-state index is 13.3. The van der Waals surface area contributed by atoms with Gasteiger partial charge in [0.1, 0.15) is 25.2 Å². The minimum atomic E-state index is -0.779. The zero-order valence-corrected chi connectivity index (χ0v) is 8.37. The van der Waals surface area contributed by atoms with Gasteiger partial charge in [-0.1, -0.05) is 29.7 Å². The highest BCUT2D eigenvalue weighted by Gasteiger charge is 2.09. The third-order valence-corrected chi connectivity index (χ3v) is 2.35. The van der Waals surface area contributed by atoms with E-state index in [0.29, 0.717) is 16.6 Å². The maximum atomic E-state index is 13.3. The molecule has 0 fully saturated rings. The van der Waals surface area contributed by atoms with Crippen LogP contribution in [0.3, 0.4) is 0 Å². The van der Waals surface area contributed by atoms with Crippen molar-refractivity contribution >= 4 is 19.0 Å². The zero-order valence-electron chi connectivity index (χ0n) is 8.37. The van der Waals surface area contributed by atoms with E-state index < -0.39 is 17.3 Å². The third-order valence-electron chi connectivity index (χ3n) is 2.35. The summed E-state index contributed by atoms with van der Waals surface area (Å²) in [5, 5.41) is 0. The Morgan fingerprint density at radius 3 is 2.12 bits per heavy atom. The molecule has 2 aromatic carbocycles. The van der Waals surface area contributed by atoms with Crippen LogP contribution in [0.1, 0.15) is 0 Å². The van der Waals surface area contributed by atoms with Crippen LogP contribution in [-0.2, 0) is 0 Å². The van der Waals surface area contributed by atoms with Crippen LogP contribution in [0, 0.1) is 11.6 Å². The Balaban J connectivity index is 2.62. The van der Waals surface area contributed by atoms with Gasteiger partial charge in [-0.3, -0.25) is 0 Å². The third kappa shape index (κ3) is 1.78. The average molecular weight is 215 g/mol. The Kier molecular flexibility index (Phi) is 2.65. The first-order valence-electron chi connectivity index (χ1n) is 4.69. The van der Waals surface area contributed by atoms with Crippen LogP contribution in [0.25, 0.3) is 11.1 Å². The SMILES string of the molecule is [B]c1ccccc1-c1cc(F)c(N)c(F)c1. The van der Waals surface area contributed by atoms with E-state index >= 15 is 0 Å². The number of hydrogen-bond acceptors (Lipinski definition) is 1. The molecule has 0 heterocycles. The zero-order chi connectivity index (χ0) is 11.7. The first-order chi connectivity index (χ1) is 7.59. The molecule has 0 spiro atoms. The second kappa shape index (κ2) is 3.97. The molecule has 2 aromatic rings. The Morgan fingerprint density at radius 1 is 1.00 bits per heavy atom. The molecule has 1 nitrogen and oxygen atoms in total. The summed E-state index contributed by atoms with van der Waals surface area (Å²) < 4.78 is 26.5. The van der Waals surface area contributed by atoms with Gasteiger partial charge in [-0.15, -0.1) is 0 Å². The predicted molar refractivity (Wildman–Crippen MR) is 61.6 cm³/mol. The number of halogens is 2. The highest BCUT2D eigenvalue weighted by atomic mass is 19.1. The summed E-state index contributed by atoms with van der Waals surface area (Å²) in [6.07, 6.45) is 0. The summed E-state index contributed by atoms with van der Waals surface area (Å²) in [5.41, 5.74) is 6.14. The fraction of sp³-hybridized carbons (Fsp3) is 0. The summed E-state index contributed by atoms with van der Waals surface area (Å²) >= 11 is 0. The minimum absolute atomic E-state index is 0.377. The molecule has 2 N–H and O–H groups in total. The standard InChI is InChI=1S/C12H8BF2N/c13-9-4-2-1-3-8(9)7-5-10(14)12(16)11(15)6-7/h1-6H,16H2. The van der Waals surface area contributed by atoms with Gasteiger partial charge in [-0.05, 0) is 23.3 Å². The normalized spacial score (nSPS) is 10.4. The lowest BCUT2D eigenvalue weighted by Gasteiger charge is -2.08. The van der Waals surface area contributed by atoms with Crippen molar-refractivity contribution in [2.24, 2.45) is 0 Å². The molecular weight excluding hydrogens is 207 g/mol. The van der Waals surface area contributed by atoms with E-state index in [2.05, 4.69) is 0 Å². The van der Waals surface area contributed by atoms with Crippen LogP contribution in [0.15, 0.2) is 36.4 Å². The summed E-state index contributed by atoms with van der Waals surface area (Å²) in [5.74, 6) is -1.56. The molecule has 0 atom stereocenters. The number of nitrogens with two attached hydrogens (primary N) is 1. The van der Waals surface area contributed by atoms with Crippen LogP contribution in [0.2, 0.25) is 0 Å². The molecule has 0 aliphatic heterocycles. The first kappa shape index (κ1) is 10.7. The van der Waals surface area contributed by atoms with Gasteiger partial charge in [0.05, 0.1) is 0 Å². The topological polar surface area (TPSA) is 26.0 Å². The molecule has 0 saturated heterocycles. The Morgan fingerprint density at radius 2 is 1.56 bits per heavy atom. The molecule has 4 heteroatoms. The lowest BCUT2D eigenvalue weighted by Crippen LogP contribution is -2.06. The van der Waals surface area contributed by atoms with E-state index in [9.17, 15) is 8.78 Å². The molecule has 0 amide bonds. The number of benzene rings is 2. The fourth-order valence-electron chi connectivity index (χ4n) is 1.50. The molecule has 2 rings (SSSR count). The van der Waals surface area contributed by atoms with Crippen LogP contribution < -0.4 is 11.2 Å². The smallest absolute Gasteiger partial charge is 0.149 e. The molecule has 0 aromatic heterocycles. The molecule has 0 unspecified atom stereocenters. The van der Waals surface area contributed by atoms with E-state index in [1.807, 2.05) is 0 Å². The van der Waals surface area contributed by atoms with E-state index in [1.54, 1.807) is 24.3 Å². The van der Waals surface area contributed by atoms with Gasteiger partial charge in [-0.2, -0.15) is 0 Å². The molecule has 16 heavy (non-hydrogen) atoms.